The van der Waals surface area contributed by atoms with Crippen LogP contribution in [0.5, 0.6) is 0 Å². The zero-order valence-corrected chi connectivity index (χ0v) is 24.5. The van der Waals surface area contributed by atoms with E-state index in [1.165, 1.54) is 36.8 Å². The average Bonchev–Trinajstić information content (AvgIpc) is 2.92. The number of rotatable bonds is 6. The highest BCUT2D eigenvalue weighted by Gasteiger charge is 2.55. The normalized spacial score (nSPS) is 42.6. The van der Waals surface area contributed by atoms with E-state index in [2.05, 4.69) is 85.1 Å². The van der Waals surface area contributed by atoms with Gasteiger partial charge in [0, 0.05) is 24.2 Å². The van der Waals surface area contributed by atoms with Gasteiger partial charge in [-0.3, -0.25) is 0 Å². The van der Waals surface area contributed by atoms with E-state index >= 15 is 0 Å². The molecule has 4 heteroatoms. The van der Waals surface area contributed by atoms with Gasteiger partial charge in [0.2, 0.25) is 0 Å². The van der Waals surface area contributed by atoms with Gasteiger partial charge in [0.1, 0.15) is 0 Å². The van der Waals surface area contributed by atoms with Gasteiger partial charge >= 0.3 is 0 Å². The van der Waals surface area contributed by atoms with E-state index in [9.17, 15) is 10.2 Å². The molecule has 224 valence electrons. The van der Waals surface area contributed by atoms with Gasteiger partial charge in [0.05, 0.1) is 11.2 Å². The van der Waals surface area contributed by atoms with Crippen molar-refractivity contribution >= 4 is 0 Å². The zero-order chi connectivity index (χ0) is 27.5. The molecule has 8 saturated carbocycles. The molecule has 0 amide bonds. The monoisotopic (exact) mass is 558 g/mol. The SMILES string of the molecule is C.C[C@H](NC1[C@@H]2CC3C[C@H]1CC(O)(C3)C2)c1ccccc1.C[C@H](NC1[C@@H]2CC3C[C@H]1CC(O)(C3)C2)c1ccccc1. The number of hydrogen-bond donors (Lipinski definition) is 4. The highest BCUT2D eigenvalue weighted by molar-refractivity contribution is 5.20. The highest BCUT2D eigenvalue weighted by atomic mass is 16.3. The third-order valence-electron chi connectivity index (χ3n) is 12.0. The molecule has 8 aliphatic rings. The quantitative estimate of drug-likeness (QED) is 0.303. The first kappa shape index (κ1) is 29.4. The Morgan fingerprint density at radius 2 is 0.878 bits per heavy atom. The Morgan fingerprint density at radius 3 is 1.17 bits per heavy atom. The summed E-state index contributed by atoms with van der Waals surface area (Å²) in [6, 6.07) is 23.5. The summed E-state index contributed by atoms with van der Waals surface area (Å²) < 4.78 is 0. The summed E-state index contributed by atoms with van der Waals surface area (Å²) in [5.74, 6) is 4.36. The fourth-order valence-corrected chi connectivity index (χ4v) is 10.8. The molecule has 8 aliphatic carbocycles. The van der Waals surface area contributed by atoms with Gasteiger partial charge in [0.25, 0.3) is 0 Å². The van der Waals surface area contributed by atoms with Crippen molar-refractivity contribution in [2.45, 2.75) is 121 Å². The van der Waals surface area contributed by atoms with E-state index in [0.29, 0.717) is 47.8 Å². The lowest BCUT2D eigenvalue weighted by molar-refractivity contribution is -0.140. The molecule has 2 aromatic rings. The maximum absolute atomic E-state index is 10.6. The zero-order valence-electron chi connectivity index (χ0n) is 24.5. The molecule has 10 rings (SSSR count). The molecule has 0 heterocycles. The predicted octanol–water partition coefficient (Wildman–Crippen LogP) is 7.19. The van der Waals surface area contributed by atoms with Crippen molar-refractivity contribution in [1.29, 1.82) is 0 Å². The van der Waals surface area contributed by atoms with Crippen molar-refractivity contribution in [3.63, 3.8) is 0 Å². The molecule has 41 heavy (non-hydrogen) atoms. The van der Waals surface area contributed by atoms with Crippen molar-refractivity contribution < 1.29 is 10.2 Å². The van der Waals surface area contributed by atoms with Crippen molar-refractivity contribution in [3.8, 4) is 0 Å². The van der Waals surface area contributed by atoms with Crippen LogP contribution >= 0.6 is 0 Å². The second-order valence-corrected chi connectivity index (χ2v) is 15.0. The molecule has 0 aromatic heterocycles. The largest absolute Gasteiger partial charge is 0.390 e. The summed E-state index contributed by atoms with van der Waals surface area (Å²) in [7, 11) is 0. The Morgan fingerprint density at radius 1 is 0.561 bits per heavy atom. The molecule has 8 fully saturated rings. The number of aliphatic hydroxyl groups is 2. The van der Waals surface area contributed by atoms with E-state index in [1.807, 2.05) is 0 Å². The molecule has 4 nitrogen and oxygen atoms in total. The van der Waals surface area contributed by atoms with Gasteiger partial charge in [0.15, 0.2) is 0 Å². The van der Waals surface area contributed by atoms with Crippen LogP contribution in [0.1, 0.15) is 109 Å². The van der Waals surface area contributed by atoms with Gasteiger partial charge in [-0.25, -0.2) is 0 Å². The Bertz CT molecular complexity index is 1030. The highest BCUT2D eigenvalue weighted by Crippen LogP contribution is 2.57. The molecule has 12 atom stereocenters. The second-order valence-electron chi connectivity index (χ2n) is 15.0. The van der Waals surface area contributed by atoms with Gasteiger partial charge < -0.3 is 20.8 Å². The summed E-state index contributed by atoms with van der Waals surface area (Å²) in [6.45, 7) is 4.55. The molecule has 0 spiro atoms. The first-order chi connectivity index (χ1) is 19.3. The third-order valence-corrected chi connectivity index (χ3v) is 12.0. The van der Waals surface area contributed by atoms with E-state index in [0.717, 1.165) is 50.4 Å². The molecule has 4 N–H and O–H groups in total. The summed E-state index contributed by atoms with van der Waals surface area (Å²) >= 11 is 0. The van der Waals surface area contributed by atoms with Crippen LogP contribution in [0.15, 0.2) is 60.7 Å². The molecular weight excluding hydrogens is 504 g/mol. The third kappa shape index (κ3) is 5.92. The van der Waals surface area contributed by atoms with Gasteiger partial charge in [-0.15, -0.1) is 0 Å². The van der Waals surface area contributed by atoms with E-state index < -0.39 is 0 Å². The minimum atomic E-state index is -0.315. The molecule has 0 saturated heterocycles. The van der Waals surface area contributed by atoms with Gasteiger partial charge in [-0.1, -0.05) is 68.1 Å². The Labute approximate surface area is 248 Å². The molecule has 2 aromatic carbocycles. The summed E-state index contributed by atoms with van der Waals surface area (Å²) in [4.78, 5) is 0. The fraction of sp³-hybridized carbons (Fsp3) is 0.676. The maximum atomic E-state index is 10.6. The molecule has 6 unspecified atom stereocenters. The van der Waals surface area contributed by atoms with E-state index in [-0.39, 0.29) is 18.6 Å². The number of hydrogen-bond acceptors (Lipinski definition) is 4. The smallest absolute Gasteiger partial charge is 0.0657 e. The minimum absolute atomic E-state index is 0. The lowest BCUT2D eigenvalue weighted by Gasteiger charge is -2.58. The predicted molar refractivity (Wildman–Crippen MR) is 167 cm³/mol. The molecule has 0 aliphatic heterocycles. The van der Waals surface area contributed by atoms with Gasteiger partial charge in [-0.2, -0.15) is 0 Å². The van der Waals surface area contributed by atoms with Crippen LogP contribution in [0, 0.1) is 35.5 Å². The first-order valence-corrected chi connectivity index (χ1v) is 16.3. The first-order valence-electron chi connectivity index (χ1n) is 16.3. The van der Waals surface area contributed by atoms with Crippen molar-refractivity contribution in [1.82, 2.24) is 10.6 Å². The summed E-state index contributed by atoms with van der Waals surface area (Å²) in [6.07, 6.45) is 11.6. The Balaban J connectivity index is 0.000000144. The lowest BCUT2D eigenvalue weighted by Crippen LogP contribution is -2.61. The standard InChI is InChI=1S/2C18H25NO.CH4/c2*1-12(14-5-3-2-4-6-14)19-17-15-7-13-8-16(17)11-18(20,9-13)10-15;/h2*2-6,12-13,15-17,19-20H,7-11H2,1H3;1H4/t2*12-,13?,15-,16+,17?,18?;/m00./s1. The van der Waals surface area contributed by atoms with E-state index in [1.54, 1.807) is 0 Å². The van der Waals surface area contributed by atoms with Crippen LogP contribution in [0.3, 0.4) is 0 Å². The molecular formula is C37H54N2O2. The topological polar surface area (TPSA) is 64.5 Å². The van der Waals surface area contributed by atoms with Crippen LogP contribution in [-0.2, 0) is 0 Å². The second kappa shape index (κ2) is 11.4. The Kier molecular flexibility index (Phi) is 8.17. The van der Waals surface area contributed by atoms with Crippen LogP contribution in [0.25, 0.3) is 0 Å². The molecule has 0 radical (unpaired) electrons. The fourth-order valence-electron chi connectivity index (χ4n) is 10.8. The van der Waals surface area contributed by atoms with E-state index in [4.69, 9.17) is 0 Å². The average molecular weight is 559 g/mol. The van der Waals surface area contributed by atoms with Crippen LogP contribution in [0.4, 0.5) is 0 Å². The van der Waals surface area contributed by atoms with Crippen LogP contribution < -0.4 is 10.6 Å². The van der Waals surface area contributed by atoms with Crippen LogP contribution in [0.2, 0.25) is 0 Å². The van der Waals surface area contributed by atoms with Crippen molar-refractivity contribution in [3.05, 3.63) is 71.8 Å². The summed E-state index contributed by atoms with van der Waals surface area (Å²) in [5, 5.41) is 29.1. The summed E-state index contributed by atoms with van der Waals surface area (Å²) in [5.41, 5.74) is 2.12. The number of nitrogens with one attached hydrogen (secondary N) is 2. The lowest BCUT2D eigenvalue weighted by atomic mass is 9.52. The van der Waals surface area contributed by atoms with Crippen LogP contribution in [-0.4, -0.2) is 33.5 Å². The van der Waals surface area contributed by atoms with Crippen molar-refractivity contribution in [2.24, 2.45) is 35.5 Å². The van der Waals surface area contributed by atoms with Crippen molar-refractivity contribution in [2.75, 3.05) is 0 Å². The van der Waals surface area contributed by atoms with Gasteiger partial charge in [-0.05, 0) is 125 Å². The Hall–Kier alpha value is -1.72. The molecule has 8 bridgehead atoms. The maximum Gasteiger partial charge on any atom is 0.0657 e. The number of benzene rings is 2. The minimum Gasteiger partial charge on any atom is -0.390 e.